The molecule has 88 valence electrons. The second-order valence-corrected chi connectivity index (χ2v) is 4.58. The fraction of sp³-hybridized carbons (Fsp3) is 0.455. The normalized spacial score (nSPS) is 10.6. The fourth-order valence-corrected chi connectivity index (χ4v) is 1.25. The maximum atomic E-state index is 11.4. The van der Waals surface area contributed by atoms with E-state index in [0.29, 0.717) is 5.82 Å². The zero-order valence-corrected chi connectivity index (χ0v) is 11.2. The number of rotatable bonds is 4. The number of ether oxygens (including phenoxy) is 1. The number of hydrogen-bond acceptors (Lipinski definition) is 3. The Bertz CT molecular complexity index is 380. The molecule has 0 aliphatic heterocycles. The van der Waals surface area contributed by atoms with Crippen molar-refractivity contribution in [3.63, 3.8) is 0 Å². The summed E-state index contributed by atoms with van der Waals surface area (Å²) in [6, 6.07) is 1.80. The van der Waals surface area contributed by atoms with Crippen LogP contribution in [0.1, 0.15) is 19.4 Å². The lowest BCUT2D eigenvalue weighted by atomic mass is 10.3. The zero-order valence-electron chi connectivity index (χ0n) is 9.58. The summed E-state index contributed by atoms with van der Waals surface area (Å²) >= 11 is 3.35. The number of aryl methyl sites for hydroxylation is 1. The SMILES string of the molecule is Cc1cc(NC(=O)COC(C)C)ncc1Br. The molecular weight excluding hydrogens is 272 g/mol. The number of carbonyl (C=O) groups is 1. The van der Waals surface area contributed by atoms with Crippen LogP contribution >= 0.6 is 15.9 Å². The minimum atomic E-state index is -0.192. The summed E-state index contributed by atoms with van der Waals surface area (Å²) in [4.78, 5) is 15.5. The summed E-state index contributed by atoms with van der Waals surface area (Å²) in [7, 11) is 0. The van der Waals surface area contributed by atoms with Crippen molar-refractivity contribution in [2.75, 3.05) is 11.9 Å². The molecule has 1 rings (SSSR count). The Morgan fingerprint density at radius 1 is 1.62 bits per heavy atom. The smallest absolute Gasteiger partial charge is 0.251 e. The first kappa shape index (κ1) is 13.1. The number of pyridine rings is 1. The van der Waals surface area contributed by atoms with Gasteiger partial charge in [-0.05, 0) is 48.3 Å². The van der Waals surface area contributed by atoms with Crippen molar-refractivity contribution in [3.05, 3.63) is 22.3 Å². The standard InChI is InChI=1S/C11H15BrN2O2/c1-7(2)16-6-11(15)14-10-4-8(3)9(12)5-13-10/h4-5,7H,6H2,1-3H3,(H,13,14,15). The molecule has 0 saturated carbocycles. The van der Waals surface area contributed by atoms with Crippen LogP contribution in [0.15, 0.2) is 16.7 Å². The van der Waals surface area contributed by atoms with Gasteiger partial charge in [0.25, 0.3) is 5.91 Å². The van der Waals surface area contributed by atoms with Crippen molar-refractivity contribution in [1.82, 2.24) is 4.98 Å². The van der Waals surface area contributed by atoms with Crippen LogP contribution in [0.25, 0.3) is 0 Å². The third-order valence-electron chi connectivity index (χ3n) is 1.86. The number of nitrogens with one attached hydrogen (secondary N) is 1. The van der Waals surface area contributed by atoms with Crippen molar-refractivity contribution >= 4 is 27.7 Å². The van der Waals surface area contributed by atoms with E-state index < -0.39 is 0 Å². The minimum Gasteiger partial charge on any atom is -0.369 e. The third-order valence-corrected chi connectivity index (χ3v) is 2.69. The van der Waals surface area contributed by atoms with Crippen LogP contribution in [0.3, 0.4) is 0 Å². The van der Waals surface area contributed by atoms with E-state index in [1.807, 2.05) is 20.8 Å². The average molecular weight is 287 g/mol. The second kappa shape index (κ2) is 5.96. The first-order chi connectivity index (χ1) is 7.49. The Kier molecular flexibility index (Phi) is 4.89. The highest BCUT2D eigenvalue weighted by Gasteiger charge is 2.05. The quantitative estimate of drug-likeness (QED) is 0.925. The number of hydrogen-bond donors (Lipinski definition) is 1. The molecule has 5 heteroatoms. The van der Waals surface area contributed by atoms with Crippen molar-refractivity contribution in [1.29, 1.82) is 0 Å². The Hall–Kier alpha value is -0.940. The lowest BCUT2D eigenvalue weighted by Gasteiger charge is -2.08. The first-order valence-corrected chi connectivity index (χ1v) is 5.82. The summed E-state index contributed by atoms with van der Waals surface area (Å²) in [5.41, 5.74) is 1.02. The highest BCUT2D eigenvalue weighted by atomic mass is 79.9. The maximum Gasteiger partial charge on any atom is 0.251 e. The van der Waals surface area contributed by atoms with Gasteiger partial charge in [-0.1, -0.05) is 0 Å². The van der Waals surface area contributed by atoms with E-state index >= 15 is 0 Å². The van der Waals surface area contributed by atoms with Gasteiger partial charge in [0.05, 0.1) is 6.10 Å². The van der Waals surface area contributed by atoms with Gasteiger partial charge in [-0.15, -0.1) is 0 Å². The van der Waals surface area contributed by atoms with Gasteiger partial charge in [-0.3, -0.25) is 4.79 Å². The fourth-order valence-electron chi connectivity index (χ4n) is 1.03. The lowest BCUT2D eigenvalue weighted by Crippen LogP contribution is -2.21. The van der Waals surface area contributed by atoms with Gasteiger partial charge < -0.3 is 10.1 Å². The highest BCUT2D eigenvalue weighted by Crippen LogP contribution is 2.16. The molecular formula is C11H15BrN2O2. The van der Waals surface area contributed by atoms with E-state index in [1.54, 1.807) is 12.3 Å². The molecule has 1 heterocycles. The largest absolute Gasteiger partial charge is 0.369 e. The molecule has 0 fully saturated rings. The molecule has 0 unspecified atom stereocenters. The topological polar surface area (TPSA) is 51.2 Å². The number of aromatic nitrogens is 1. The summed E-state index contributed by atoms with van der Waals surface area (Å²) in [5, 5.41) is 2.67. The zero-order chi connectivity index (χ0) is 12.1. The van der Waals surface area contributed by atoms with E-state index in [-0.39, 0.29) is 18.6 Å². The van der Waals surface area contributed by atoms with Gasteiger partial charge in [-0.2, -0.15) is 0 Å². The molecule has 0 aromatic carbocycles. The van der Waals surface area contributed by atoms with Crippen LogP contribution in [0.2, 0.25) is 0 Å². The Labute approximate surface area is 104 Å². The molecule has 0 radical (unpaired) electrons. The van der Waals surface area contributed by atoms with Gasteiger partial charge in [0.2, 0.25) is 0 Å². The Balaban J connectivity index is 2.53. The molecule has 1 amide bonds. The van der Waals surface area contributed by atoms with Crippen molar-refractivity contribution < 1.29 is 9.53 Å². The van der Waals surface area contributed by atoms with Crippen molar-refractivity contribution in [2.24, 2.45) is 0 Å². The van der Waals surface area contributed by atoms with Gasteiger partial charge in [0.1, 0.15) is 12.4 Å². The van der Waals surface area contributed by atoms with Crippen molar-refractivity contribution in [2.45, 2.75) is 26.9 Å². The molecule has 1 aromatic heterocycles. The monoisotopic (exact) mass is 286 g/mol. The van der Waals surface area contributed by atoms with Crippen LogP contribution in [-0.4, -0.2) is 23.6 Å². The molecule has 1 N–H and O–H groups in total. The van der Waals surface area contributed by atoms with Crippen LogP contribution in [0, 0.1) is 6.92 Å². The first-order valence-electron chi connectivity index (χ1n) is 5.02. The molecule has 0 aliphatic carbocycles. The Morgan fingerprint density at radius 3 is 2.88 bits per heavy atom. The van der Waals surface area contributed by atoms with Gasteiger partial charge in [-0.25, -0.2) is 4.98 Å². The number of amides is 1. The van der Waals surface area contributed by atoms with Crippen LogP contribution in [0.4, 0.5) is 5.82 Å². The highest BCUT2D eigenvalue weighted by molar-refractivity contribution is 9.10. The summed E-state index contributed by atoms with van der Waals surface area (Å²) in [5.74, 6) is 0.348. The molecule has 16 heavy (non-hydrogen) atoms. The van der Waals surface area contributed by atoms with E-state index in [0.717, 1.165) is 10.0 Å². The third kappa shape index (κ3) is 4.28. The second-order valence-electron chi connectivity index (χ2n) is 3.73. The van der Waals surface area contributed by atoms with Gasteiger partial charge in [0, 0.05) is 10.7 Å². The minimum absolute atomic E-state index is 0.0466. The number of nitrogens with zero attached hydrogens (tertiary/aromatic N) is 1. The van der Waals surface area contributed by atoms with E-state index in [1.165, 1.54) is 0 Å². The average Bonchev–Trinajstić information content (AvgIpc) is 2.21. The molecule has 4 nitrogen and oxygen atoms in total. The van der Waals surface area contributed by atoms with E-state index in [4.69, 9.17) is 4.74 Å². The van der Waals surface area contributed by atoms with E-state index in [9.17, 15) is 4.79 Å². The summed E-state index contributed by atoms with van der Waals surface area (Å²) in [6.07, 6.45) is 1.71. The predicted octanol–water partition coefficient (Wildman–Crippen LogP) is 2.52. The van der Waals surface area contributed by atoms with E-state index in [2.05, 4.69) is 26.2 Å². The molecule has 1 aromatic rings. The van der Waals surface area contributed by atoms with Crippen LogP contribution in [0.5, 0.6) is 0 Å². The number of anilines is 1. The molecule has 0 aliphatic rings. The van der Waals surface area contributed by atoms with Crippen molar-refractivity contribution in [3.8, 4) is 0 Å². The molecule has 0 saturated heterocycles. The van der Waals surface area contributed by atoms with Crippen LogP contribution in [-0.2, 0) is 9.53 Å². The molecule has 0 atom stereocenters. The summed E-state index contributed by atoms with van der Waals surface area (Å²) < 4.78 is 6.10. The Morgan fingerprint density at radius 2 is 2.31 bits per heavy atom. The molecule has 0 spiro atoms. The molecule has 0 bridgehead atoms. The van der Waals surface area contributed by atoms with Gasteiger partial charge in [0.15, 0.2) is 0 Å². The number of halogens is 1. The number of carbonyl (C=O) groups excluding carboxylic acids is 1. The summed E-state index contributed by atoms with van der Waals surface area (Å²) in [6.45, 7) is 5.76. The van der Waals surface area contributed by atoms with Gasteiger partial charge >= 0.3 is 0 Å². The lowest BCUT2D eigenvalue weighted by molar-refractivity contribution is -0.121. The maximum absolute atomic E-state index is 11.4. The van der Waals surface area contributed by atoms with Crippen LogP contribution < -0.4 is 5.32 Å². The predicted molar refractivity (Wildman–Crippen MR) is 66.4 cm³/mol.